The van der Waals surface area contributed by atoms with Gasteiger partial charge in [-0.2, -0.15) is 0 Å². The number of imide groups is 1. The lowest BCUT2D eigenvalue weighted by Gasteiger charge is -2.13. The van der Waals surface area contributed by atoms with E-state index >= 15 is 0 Å². The van der Waals surface area contributed by atoms with Gasteiger partial charge < -0.3 is 4.74 Å². The van der Waals surface area contributed by atoms with E-state index in [4.69, 9.17) is 4.74 Å². The molecule has 4 heteroatoms. The average molecular weight is 259 g/mol. The van der Waals surface area contributed by atoms with Crippen LogP contribution in [-0.2, 0) is 4.74 Å². The number of carbonyl (C=O) groups is 2. The average Bonchev–Trinajstić information content (AvgIpc) is 2.68. The molecular weight excluding hydrogens is 242 g/mol. The summed E-state index contributed by atoms with van der Waals surface area (Å²) >= 11 is 0. The first-order valence-corrected chi connectivity index (χ1v) is 6.43. The van der Waals surface area contributed by atoms with E-state index in [1.165, 1.54) is 4.90 Å². The van der Waals surface area contributed by atoms with Crippen LogP contribution in [0.25, 0.3) is 0 Å². The lowest BCUT2D eigenvalue weighted by Crippen LogP contribution is -2.30. The molecule has 0 fully saturated rings. The van der Waals surface area contributed by atoms with Crippen molar-refractivity contribution in [2.24, 2.45) is 0 Å². The molecule has 0 N–H and O–H groups in total. The Hall–Kier alpha value is -2.10. The van der Waals surface area contributed by atoms with Crippen molar-refractivity contribution in [3.05, 3.63) is 47.7 Å². The molecule has 0 saturated carbocycles. The minimum absolute atomic E-state index is 0.185. The van der Waals surface area contributed by atoms with E-state index in [9.17, 15) is 9.59 Å². The summed E-state index contributed by atoms with van der Waals surface area (Å²) in [7, 11) is 0. The van der Waals surface area contributed by atoms with Gasteiger partial charge in [0.25, 0.3) is 11.8 Å². The number of amides is 2. The van der Waals surface area contributed by atoms with Crippen molar-refractivity contribution >= 4 is 11.8 Å². The quantitative estimate of drug-likeness (QED) is 0.448. The molecule has 1 aromatic carbocycles. The smallest absolute Gasteiger partial charge is 0.261 e. The summed E-state index contributed by atoms with van der Waals surface area (Å²) in [4.78, 5) is 25.4. The van der Waals surface area contributed by atoms with E-state index in [0.29, 0.717) is 24.3 Å². The first-order chi connectivity index (χ1) is 9.25. The molecule has 0 aromatic heterocycles. The van der Waals surface area contributed by atoms with Crippen molar-refractivity contribution in [1.29, 1.82) is 0 Å². The molecule has 19 heavy (non-hydrogen) atoms. The molecule has 0 unspecified atom stereocenters. The number of benzene rings is 1. The monoisotopic (exact) mass is 259 g/mol. The Morgan fingerprint density at radius 2 is 1.74 bits per heavy atom. The zero-order valence-corrected chi connectivity index (χ0v) is 11.0. The first kappa shape index (κ1) is 13.3. The molecular formula is C15H17NO3. The van der Waals surface area contributed by atoms with Crippen LogP contribution < -0.4 is 0 Å². The second-order valence-corrected chi connectivity index (χ2v) is 4.35. The van der Waals surface area contributed by atoms with E-state index in [0.717, 1.165) is 12.8 Å². The third-order valence-electron chi connectivity index (χ3n) is 3.00. The maximum Gasteiger partial charge on any atom is 0.261 e. The van der Waals surface area contributed by atoms with Crippen LogP contribution >= 0.6 is 0 Å². The van der Waals surface area contributed by atoms with Crippen molar-refractivity contribution in [1.82, 2.24) is 4.90 Å². The Balaban J connectivity index is 1.87. The molecule has 4 nitrogen and oxygen atoms in total. The van der Waals surface area contributed by atoms with Gasteiger partial charge in [0, 0.05) is 6.54 Å². The molecule has 0 radical (unpaired) electrons. The molecule has 0 spiro atoms. The number of ether oxygens (including phenoxy) is 1. The van der Waals surface area contributed by atoms with Crippen LogP contribution in [0, 0.1) is 0 Å². The van der Waals surface area contributed by atoms with Crippen LogP contribution in [0.5, 0.6) is 0 Å². The minimum atomic E-state index is -0.185. The summed E-state index contributed by atoms with van der Waals surface area (Å²) in [5.41, 5.74) is 1.02. The molecule has 1 aliphatic heterocycles. The zero-order valence-electron chi connectivity index (χ0n) is 11.0. The number of allylic oxidation sites excluding steroid dienone is 1. The van der Waals surface area contributed by atoms with Crippen LogP contribution in [0.2, 0.25) is 0 Å². The third kappa shape index (κ3) is 2.84. The Morgan fingerprint density at radius 3 is 2.32 bits per heavy atom. The highest BCUT2D eigenvalue weighted by molar-refractivity contribution is 6.21. The van der Waals surface area contributed by atoms with Crippen LogP contribution in [0.15, 0.2) is 36.6 Å². The van der Waals surface area contributed by atoms with Gasteiger partial charge in [-0.25, -0.2) is 0 Å². The molecule has 0 aliphatic carbocycles. The number of hydrogen-bond acceptors (Lipinski definition) is 3. The van der Waals surface area contributed by atoms with Crippen LogP contribution in [0.1, 0.15) is 40.5 Å². The molecule has 0 bridgehead atoms. The van der Waals surface area contributed by atoms with E-state index in [1.54, 1.807) is 30.5 Å². The van der Waals surface area contributed by atoms with Crippen LogP contribution in [0.3, 0.4) is 0 Å². The Bertz CT molecular complexity index is 473. The largest absolute Gasteiger partial charge is 0.502 e. The maximum atomic E-state index is 12.0. The van der Waals surface area contributed by atoms with Crippen LogP contribution in [0.4, 0.5) is 0 Å². The first-order valence-electron chi connectivity index (χ1n) is 6.43. The fraction of sp³-hybridized carbons (Fsp3) is 0.333. The molecule has 2 rings (SSSR count). The molecule has 2 amide bonds. The summed E-state index contributed by atoms with van der Waals surface area (Å²) in [5, 5.41) is 0. The summed E-state index contributed by atoms with van der Waals surface area (Å²) in [5.74, 6) is -0.370. The Kier molecular flexibility index (Phi) is 4.34. The van der Waals surface area contributed by atoms with Crippen molar-refractivity contribution < 1.29 is 14.3 Å². The summed E-state index contributed by atoms with van der Waals surface area (Å²) in [6.45, 7) is 2.94. The molecule has 0 saturated heterocycles. The van der Waals surface area contributed by atoms with Gasteiger partial charge >= 0.3 is 0 Å². The predicted octanol–water partition coefficient (Wildman–Crippen LogP) is 2.61. The summed E-state index contributed by atoms with van der Waals surface area (Å²) in [6.07, 6.45) is 5.03. The van der Waals surface area contributed by atoms with Gasteiger partial charge in [0.05, 0.1) is 24.0 Å². The van der Waals surface area contributed by atoms with E-state index in [2.05, 4.69) is 0 Å². The number of carbonyl (C=O) groups excluding carboxylic acids is 2. The topological polar surface area (TPSA) is 46.6 Å². The van der Waals surface area contributed by atoms with E-state index < -0.39 is 0 Å². The number of hydrogen-bond donors (Lipinski definition) is 0. The maximum absolute atomic E-state index is 12.0. The number of nitrogens with zero attached hydrogens (tertiary/aromatic N) is 1. The van der Waals surface area contributed by atoms with Gasteiger partial charge in [-0.1, -0.05) is 18.2 Å². The highest BCUT2D eigenvalue weighted by atomic mass is 16.5. The van der Waals surface area contributed by atoms with Crippen LogP contribution in [-0.4, -0.2) is 29.9 Å². The Labute approximate surface area is 112 Å². The highest BCUT2D eigenvalue weighted by Gasteiger charge is 2.34. The van der Waals surface area contributed by atoms with Crippen molar-refractivity contribution in [3.63, 3.8) is 0 Å². The number of fused-ring (bicyclic) bond motifs is 1. The standard InChI is InChI=1S/C15H17NO3/c1-2-10-19-11-6-5-9-16-14(17)12-7-3-4-8-13(12)15(16)18/h2-4,7-8,10H,5-6,9,11H2,1H3. The molecule has 1 aliphatic rings. The SMILES string of the molecule is CC=COCCCCN1C(=O)c2ccccc2C1=O. The second kappa shape index (κ2) is 6.18. The van der Waals surface area contributed by atoms with Gasteiger partial charge in [0.15, 0.2) is 0 Å². The lowest BCUT2D eigenvalue weighted by atomic mass is 10.1. The van der Waals surface area contributed by atoms with E-state index in [1.807, 2.05) is 13.0 Å². The minimum Gasteiger partial charge on any atom is -0.502 e. The highest BCUT2D eigenvalue weighted by Crippen LogP contribution is 2.22. The summed E-state index contributed by atoms with van der Waals surface area (Å²) < 4.78 is 5.19. The molecule has 1 heterocycles. The van der Waals surface area contributed by atoms with Gasteiger partial charge in [-0.15, -0.1) is 0 Å². The van der Waals surface area contributed by atoms with Crippen molar-refractivity contribution in [2.45, 2.75) is 19.8 Å². The third-order valence-corrected chi connectivity index (χ3v) is 3.00. The van der Waals surface area contributed by atoms with Crippen molar-refractivity contribution in [2.75, 3.05) is 13.2 Å². The van der Waals surface area contributed by atoms with Gasteiger partial charge in [-0.05, 0) is 31.9 Å². The van der Waals surface area contributed by atoms with Crippen molar-refractivity contribution in [3.8, 4) is 0 Å². The second-order valence-electron chi connectivity index (χ2n) is 4.35. The van der Waals surface area contributed by atoms with E-state index in [-0.39, 0.29) is 11.8 Å². The zero-order chi connectivity index (χ0) is 13.7. The number of rotatable bonds is 6. The lowest BCUT2D eigenvalue weighted by molar-refractivity contribution is 0.0648. The fourth-order valence-corrected chi connectivity index (χ4v) is 2.06. The summed E-state index contributed by atoms with van der Waals surface area (Å²) in [6, 6.07) is 6.95. The predicted molar refractivity (Wildman–Crippen MR) is 71.8 cm³/mol. The normalized spacial score (nSPS) is 14.3. The number of unbranched alkanes of at least 4 members (excludes halogenated alkanes) is 1. The molecule has 1 aromatic rings. The molecule has 0 atom stereocenters. The van der Waals surface area contributed by atoms with Gasteiger partial charge in [0.2, 0.25) is 0 Å². The fourth-order valence-electron chi connectivity index (χ4n) is 2.06. The van der Waals surface area contributed by atoms with Gasteiger partial charge in [0.1, 0.15) is 0 Å². The van der Waals surface area contributed by atoms with Gasteiger partial charge in [-0.3, -0.25) is 14.5 Å². The Morgan fingerprint density at radius 1 is 1.11 bits per heavy atom. The molecule has 100 valence electrons.